The molecule has 0 unspecified atom stereocenters. The summed E-state index contributed by atoms with van der Waals surface area (Å²) in [6, 6.07) is 7.53. The highest BCUT2D eigenvalue weighted by Gasteiger charge is 2.14. The lowest BCUT2D eigenvalue weighted by molar-refractivity contribution is 0.0595. The van der Waals surface area contributed by atoms with Gasteiger partial charge in [0.1, 0.15) is 0 Å². The SMILES string of the molecule is COC(=O)c1cn2c(-c3ccc(Cl)cc3)csc2n1. The van der Waals surface area contributed by atoms with Crippen molar-refractivity contribution in [3.8, 4) is 11.3 Å². The summed E-state index contributed by atoms with van der Waals surface area (Å²) >= 11 is 7.35. The summed E-state index contributed by atoms with van der Waals surface area (Å²) in [7, 11) is 1.34. The highest BCUT2D eigenvalue weighted by Crippen LogP contribution is 2.27. The van der Waals surface area contributed by atoms with Crippen molar-refractivity contribution in [3.63, 3.8) is 0 Å². The number of nitrogens with zero attached hydrogens (tertiary/aromatic N) is 2. The quantitative estimate of drug-likeness (QED) is 0.679. The highest BCUT2D eigenvalue weighted by atomic mass is 35.5. The van der Waals surface area contributed by atoms with Gasteiger partial charge in [0.15, 0.2) is 10.7 Å². The zero-order chi connectivity index (χ0) is 13.4. The van der Waals surface area contributed by atoms with Crippen LogP contribution in [-0.2, 0) is 4.74 Å². The molecule has 3 aromatic rings. The van der Waals surface area contributed by atoms with Crippen molar-refractivity contribution < 1.29 is 9.53 Å². The first-order chi connectivity index (χ1) is 9.19. The minimum absolute atomic E-state index is 0.310. The van der Waals surface area contributed by atoms with E-state index < -0.39 is 5.97 Å². The van der Waals surface area contributed by atoms with Gasteiger partial charge in [-0.3, -0.25) is 4.40 Å². The Hall–Kier alpha value is -1.85. The molecule has 0 N–H and O–H groups in total. The summed E-state index contributed by atoms with van der Waals surface area (Å²) in [6.45, 7) is 0. The first-order valence-corrected chi connectivity index (χ1v) is 6.75. The van der Waals surface area contributed by atoms with Crippen LogP contribution in [0.25, 0.3) is 16.2 Å². The van der Waals surface area contributed by atoms with Crippen molar-refractivity contribution in [2.24, 2.45) is 0 Å². The summed E-state index contributed by atoms with van der Waals surface area (Å²) in [6.07, 6.45) is 1.68. The number of hydrogen-bond acceptors (Lipinski definition) is 4. The van der Waals surface area contributed by atoms with E-state index in [1.54, 1.807) is 6.20 Å². The molecule has 0 radical (unpaired) electrons. The van der Waals surface area contributed by atoms with E-state index in [0.717, 1.165) is 16.2 Å². The summed E-state index contributed by atoms with van der Waals surface area (Å²) in [4.78, 5) is 16.4. The minimum Gasteiger partial charge on any atom is -0.464 e. The molecule has 3 rings (SSSR count). The molecule has 4 nitrogen and oxygen atoms in total. The van der Waals surface area contributed by atoms with Crippen molar-refractivity contribution in [1.29, 1.82) is 0 Å². The van der Waals surface area contributed by atoms with Gasteiger partial charge in [0.25, 0.3) is 0 Å². The number of methoxy groups -OCH3 is 1. The van der Waals surface area contributed by atoms with Crippen molar-refractivity contribution in [3.05, 3.63) is 46.6 Å². The fraction of sp³-hybridized carbons (Fsp3) is 0.0769. The molecule has 0 aliphatic heterocycles. The molecule has 0 saturated heterocycles. The molecule has 0 atom stereocenters. The maximum absolute atomic E-state index is 11.5. The molecule has 0 bridgehead atoms. The number of hydrogen-bond donors (Lipinski definition) is 0. The van der Waals surface area contributed by atoms with E-state index in [9.17, 15) is 4.79 Å². The Labute approximate surface area is 118 Å². The van der Waals surface area contributed by atoms with Crippen LogP contribution in [0.2, 0.25) is 5.02 Å². The third kappa shape index (κ3) is 2.11. The lowest BCUT2D eigenvalue weighted by atomic mass is 10.2. The molecular weight excluding hydrogens is 284 g/mol. The number of esters is 1. The van der Waals surface area contributed by atoms with Crippen molar-refractivity contribution in [2.45, 2.75) is 0 Å². The maximum Gasteiger partial charge on any atom is 0.358 e. The third-order valence-electron chi connectivity index (χ3n) is 2.74. The maximum atomic E-state index is 11.5. The van der Waals surface area contributed by atoms with Crippen LogP contribution in [0.3, 0.4) is 0 Å². The number of aromatic nitrogens is 2. The topological polar surface area (TPSA) is 43.6 Å². The Balaban J connectivity index is 2.11. The second-order valence-electron chi connectivity index (χ2n) is 3.90. The van der Waals surface area contributed by atoms with E-state index in [4.69, 9.17) is 11.6 Å². The lowest BCUT2D eigenvalue weighted by Crippen LogP contribution is -2.00. The standard InChI is InChI=1S/C13H9ClN2O2S/c1-18-12(17)10-6-16-11(7-19-13(16)15-10)8-2-4-9(14)5-3-8/h2-7H,1H3. The van der Waals surface area contributed by atoms with E-state index in [2.05, 4.69) is 9.72 Å². The van der Waals surface area contributed by atoms with Crippen LogP contribution in [0.1, 0.15) is 10.5 Å². The van der Waals surface area contributed by atoms with E-state index in [0.29, 0.717) is 10.7 Å². The molecule has 0 aliphatic carbocycles. The molecule has 2 heterocycles. The lowest BCUT2D eigenvalue weighted by Gasteiger charge is -1.99. The number of imidazole rings is 1. The van der Waals surface area contributed by atoms with Gasteiger partial charge < -0.3 is 4.74 Å². The molecular formula is C13H9ClN2O2S. The zero-order valence-corrected chi connectivity index (χ0v) is 11.5. The largest absolute Gasteiger partial charge is 0.464 e. The summed E-state index contributed by atoms with van der Waals surface area (Å²) < 4.78 is 6.54. The molecule has 0 amide bonds. The van der Waals surface area contributed by atoms with Crippen LogP contribution in [0.15, 0.2) is 35.8 Å². The van der Waals surface area contributed by atoms with E-state index in [-0.39, 0.29) is 0 Å². The van der Waals surface area contributed by atoms with Crippen LogP contribution in [0, 0.1) is 0 Å². The predicted molar refractivity (Wildman–Crippen MR) is 74.9 cm³/mol. The van der Waals surface area contributed by atoms with Gasteiger partial charge in [-0.05, 0) is 17.7 Å². The summed E-state index contributed by atoms with van der Waals surface area (Å²) in [5.41, 5.74) is 2.30. The predicted octanol–water partition coefficient (Wildman–Crippen LogP) is 3.50. The number of ether oxygens (including phenoxy) is 1. The number of halogens is 1. The van der Waals surface area contributed by atoms with Gasteiger partial charge in [0, 0.05) is 16.6 Å². The van der Waals surface area contributed by atoms with Gasteiger partial charge >= 0.3 is 5.97 Å². The van der Waals surface area contributed by atoms with Crippen molar-refractivity contribution in [2.75, 3.05) is 7.11 Å². The molecule has 96 valence electrons. The van der Waals surface area contributed by atoms with Crippen LogP contribution in [0.4, 0.5) is 0 Å². The van der Waals surface area contributed by atoms with Gasteiger partial charge in [0.2, 0.25) is 0 Å². The number of benzene rings is 1. The first-order valence-electron chi connectivity index (χ1n) is 5.50. The van der Waals surface area contributed by atoms with Crippen molar-refractivity contribution >= 4 is 33.9 Å². The van der Waals surface area contributed by atoms with Crippen molar-refractivity contribution in [1.82, 2.24) is 9.38 Å². The van der Waals surface area contributed by atoms with Gasteiger partial charge in [-0.25, -0.2) is 9.78 Å². The average Bonchev–Trinajstić information content (AvgIpc) is 2.99. The Morgan fingerprint density at radius 1 is 1.37 bits per heavy atom. The Bertz CT molecular complexity index is 746. The fourth-order valence-corrected chi connectivity index (χ4v) is 2.82. The smallest absolute Gasteiger partial charge is 0.358 e. The molecule has 0 aliphatic rings. The van der Waals surface area contributed by atoms with Crippen LogP contribution < -0.4 is 0 Å². The Morgan fingerprint density at radius 2 is 2.11 bits per heavy atom. The Morgan fingerprint density at radius 3 is 2.79 bits per heavy atom. The molecule has 0 fully saturated rings. The number of thiazole rings is 1. The number of rotatable bonds is 2. The molecule has 1 aromatic carbocycles. The zero-order valence-electron chi connectivity index (χ0n) is 9.96. The molecule has 0 saturated carbocycles. The third-order valence-corrected chi connectivity index (χ3v) is 3.84. The Kier molecular flexibility index (Phi) is 3.00. The monoisotopic (exact) mass is 292 g/mol. The number of fused-ring (bicyclic) bond motifs is 1. The minimum atomic E-state index is -0.432. The van der Waals surface area contributed by atoms with Crippen LogP contribution in [0.5, 0.6) is 0 Å². The molecule has 0 spiro atoms. The second-order valence-corrected chi connectivity index (χ2v) is 5.17. The number of carbonyl (C=O) groups excluding carboxylic acids is 1. The second kappa shape index (κ2) is 4.68. The summed E-state index contributed by atoms with van der Waals surface area (Å²) in [5.74, 6) is -0.432. The fourth-order valence-electron chi connectivity index (χ4n) is 1.81. The van der Waals surface area contributed by atoms with E-state index >= 15 is 0 Å². The molecule has 6 heteroatoms. The van der Waals surface area contributed by atoms with Gasteiger partial charge in [-0.2, -0.15) is 0 Å². The van der Waals surface area contributed by atoms with Gasteiger partial charge in [-0.1, -0.05) is 23.7 Å². The van der Waals surface area contributed by atoms with Crippen LogP contribution >= 0.6 is 22.9 Å². The molecule has 19 heavy (non-hydrogen) atoms. The summed E-state index contributed by atoms with van der Waals surface area (Å²) in [5, 5.41) is 2.68. The first kappa shape index (κ1) is 12.2. The van der Waals surface area contributed by atoms with Gasteiger partial charge in [0.05, 0.1) is 12.8 Å². The van der Waals surface area contributed by atoms with E-state index in [1.807, 2.05) is 34.0 Å². The number of carbonyl (C=O) groups is 1. The van der Waals surface area contributed by atoms with E-state index in [1.165, 1.54) is 18.4 Å². The van der Waals surface area contributed by atoms with Crippen LogP contribution in [-0.4, -0.2) is 22.5 Å². The van der Waals surface area contributed by atoms with Gasteiger partial charge in [-0.15, -0.1) is 11.3 Å². The molecule has 2 aromatic heterocycles. The normalized spacial score (nSPS) is 10.8. The average molecular weight is 293 g/mol. The highest BCUT2D eigenvalue weighted by molar-refractivity contribution is 7.15.